The summed E-state index contributed by atoms with van der Waals surface area (Å²) in [6, 6.07) is 16.3. The van der Waals surface area contributed by atoms with Gasteiger partial charge in [-0.05, 0) is 54.9 Å². The maximum absolute atomic E-state index is 4.74. The maximum atomic E-state index is 4.74. The summed E-state index contributed by atoms with van der Waals surface area (Å²) in [5.74, 6) is 0.795. The quantitative estimate of drug-likeness (QED) is 0.292. The third-order valence-corrected chi connectivity index (χ3v) is 7.74. The molecule has 9 heteroatoms. The van der Waals surface area contributed by atoms with E-state index in [2.05, 4.69) is 54.8 Å². The molecule has 0 spiro atoms. The van der Waals surface area contributed by atoms with Crippen LogP contribution in [0, 0.1) is 13.8 Å². The highest BCUT2D eigenvalue weighted by Crippen LogP contribution is 2.40. The van der Waals surface area contributed by atoms with Crippen molar-refractivity contribution in [2.45, 2.75) is 30.6 Å². The van der Waals surface area contributed by atoms with Gasteiger partial charge in [-0.25, -0.2) is 15.0 Å². The van der Waals surface area contributed by atoms with Gasteiger partial charge in [0.2, 0.25) is 0 Å². The van der Waals surface area contributed by atoms with Crippen LogP contribution >= 0.6 is 23.1 Å². The van der Waals surface area contributed by atoms with Crippen LogP contribution in [0.15, 0.2) is 77.4 Å². The highest BCUT2D eigenvalue weighted by Gasteiger charge is 2.20. The summed E-state index contributed by atoms with van der Waals surface area (Å²) in [5.41, 5.74) is 5.25. The smallest absolute Gasteiger partial charge is 0.198 e. The Morgan fingerprint density at radius 3 is 2.62 bits per heavy atom. The summed E-state index contributed by atoms with van der Waals surface area (Å²) in [7, 11) is 0. The topological polar surface area (TPSA) is 82.3 Å². The first-order valence-electron chi connectivity index (χ1n) is 10.7. The van der Waals surface area contributed by atoms with E-state index in [1.165, 1.54) is 22.9 Å². The Kier molecular flexibility index (Phi) is 5.27. The van der Waals surface area contributed by atoms with Crippen LogP contribution in [0.1, 0.15) is 16.8 Å². The molecule has 6 rings (SSSR count). The van der Waals surface area contributed by atoms with Crippen LogP contribution in [0.4, 0.5) is 0 Å². The molecule has 0 amide bonds. The van der Waals surface area contributed by atoms with Crippen LogP contribution in [0.3, 0.4) is 0 Å². The van der Waals surface area contributed by atoms with Gasteiger partial charge in [-0.1, -0.05) is 30.3 Å². The zero-order valence-electron chi connectivity index (χ0n) is 18.5. The molecule has 0 saturated carbocycles. The zero-order chi connectivity index (χ0) is 23.1. The molecular formula is C25H19N7S2. The van der Waals surface area contributed by atoms with Crippen molar-refractivity contribution in [3.05, 3.63) is 84.1 Å². The number of benzene rings is 1. The normalized spacial score (nSPS) is 11.5. The number of hydrogen-bond acceptors (Lipinski definition) is 8. The molecule has 0 unspecified atom stereocenters. The Hall–Kier alpha value is -3.69. The lowest BCUT2D eigenvalue weighted by Gasteiger charge is -2.10. The lowest BCUT2D eigenvalue weighted by Crippen LogP contribution is -2.04. The van der Waals surface area contributed by atoms with Crippen molar-refractivity contribution in [2.24, 2.45) is 0 Å². The van der Waals surface area contributed by atoms with Gasteiger partial charge in [-0.2, -0.15) is 0 Å². The predicted octanol–water partition coefficient (Wildman–Crippen LogP) is 5.71. The molecule has 5 aromatic heterocycles. The van der Waals surface area contributed by atoms with Gasteiger partial charge < -0.3 is 0 Å². The SMILES string of the molecule is Cc1cc(C)c2c(n1)sc1c(Sc3nnc(-c4ccncc4)n3Cc3ccccc3)ncnc12. The van der Waals surface area contributed by atoms with Crippen LogP contribution in [0.2, 0.25) is 0 Å². The van der Waals surface area contributed by atoms with Gasteiger partial charge in [-0.3, -0.25) is 9.55 Å². The largest absolute Gasteiger partial charge is 0.297 e. The number of rotatable bonds is 5. The van der Waals surface area contributed by atoms with E-state index < -0.39 is 0 Å². The zero-order valence-corrected chi connectivity index (χ0v) is 20.1. The minimum Gasteiger partial charge on any atom is -0.297 e. The first-order valence-corrected chi connectivity index (χ1v) is 12.4. The van der Waals surface area contributed by atoms with Crippen LogP contribution in [-0.4, -0.2) is 34.7 Å². The van der Waals surface area contributed by atoms with E-state index in [1.54, 1.807) is 30.1 Å². The fourth-order valence-corrected chi connectivity index (χ4v) is 6.22. The van der Waals surface area contributed by atoms with E-state index in [-0.39, 0.29) is 0 Å². The summed E-state index contributed by atoms with van der Waals surface area (Å²) in [5, 5.41) is 11.8. The predicted molar refractivity (Wildman–Crippen MR) is 135 cm³/mol. The van der Waals surface area contributed by atoms with Crippen molar-refractivity contribution in [3.8, 4) is 11.4 Å². The number of hydrogen-bond donors (Lipinski definition) is 0. The third-order valence-electron chi connectivity index (χ3n) is 5.55. The third kappa shape index (κ3) is 3.72. The van der Waals surface area contributed by atoms with E-state index in [9.17, 15) is 0 Å². The number of pyridine rings is 2. The second-order valence-electron chi connectivity index (χ2n) is 7.94. The minimum absolute atomic E-state index is 0.647. The lowest BCUT2D eigenvalue weighted by atomic mass is 10.1. The molecule has 6 aromatic rings. The molecule has 34 heavy (non-hydrogen) atoms. The van der Waals surface area contributed by atoms with Crippen LogP contribution in [0.25, 0.3) is 31.8 Å². The average Bonchev–Trinajstić information content (AvgIpc) is 3.42. The molecule has 0 bridgehead atoms. The molecule has 7 nitrogen and oxygen atoms in total. The van der Waals surface area contributed by atoms with Gasteiger partial charge in [-0.15, -0.1) is 21.5 Å². The molecule has 0 radical (unpaired) electrons. The van der Waals surface area contributed by atoms with Crippen molar-refractivity contribution in [3.63, 3.8) is 0 Å². The molecule has 1 aromatic carbocycles. The summed E-state index contributed by atoms with van der Waals surface area (Å²) < 4.78 is 3.15. The van der Waals surface area contributed by atoms with E-state index in [0.29, 0.717) is 6.54 Å². The second kappa shape index (κ2) is 8.58. The Labute approximate surface area is 204 Å². The average molecular weight is 482 g/mol. The second-order valence-corrected chi connectivity index (χ2v) is 9.89. The van der Waals surface area contributed by atoms with Crippen LogP contribution in [0.5, 0.6) is 0 Å². The van der Waals surface area contributed by atoms with E-state index in [1.807, 2.05) is 37.3 Å². The monoisotopic (exact) mass is 481 g/mol. The minimum atomic E-state index is 0.647. The maximum Gasteiger partial charge on any atom is 0.198 e. The van der Waals surface area contributed by atoms with Crippen molar-refractivity contribution in [1.29, 1.82) is 0 Å². The molecule has 0 aliphatic rings. The van der Waals surface area contributed by atoms with Gasteiger partial charge in [0.25, 0.3) is 0 Å². The highest BCUT2D eigenvalue weighted by molar-refractivity contribution is 7.99. The molecular weight excluding hydrogens is 462 g/mol. The van der Waals surface area contributed by atoms with Gasteiger partial charge >= 0.3 is 0 Å². The molecule has 166 valence electrons. The van der Waals surface area contributed by atoms with Crippen molar-refractivity contribution < 1.29 is 0 Å². The Balaban J connectivity index is 1.48. The van der Waals surface area contributed by atoms with Crippen molar-refractivity contribution in [2.75, 3.05) is 0 Å². The van der Waals surface area contributed by atoms with Crippen molar-refractivity contribution in [1.82, 2.24) is 34.7 Å². The molecule has 0 fully saturated rings. The van der Waals surface area contributed by atoms with Gasteiger partial charge in [0.15, 0.2) is 11.0 Å². The fourth-order valence-electron chi connectivity index (χ4n) is 4.04. The van der Waals surface area contributed by atoms with E-state index >= 15 is 0 Å². The van der Waals surface area contributed by atoms with Gasteiger partial charge in [0.1, 0.15) is 16.2 Å². The number of fused-ring (bicyclic) bond motifs is 3. The molecule has 0 saturated heterocycles. The molecule has 0 aliphatic carbocycles. The Morgan fingerprint density at radius 1 is 0.971 bits per heavy atom. The molecule has 0 aliphatic heterocycles. The molecule has 0 N–H and O–H groups in total. The number of nitrogens with zero attached hydrogens (tertiary/aromatic N) is 7. The molecule has 5 heterocycles. The summed E-state index contributed by atoms with van der Waals surface area (Å²) in [4.78, 5) is 19.1. The van der Waals surface area contributed by atoms with Crippen LogP contribution < -0.4 is 0 Å². The number of aromatic nitrogens is 7. The molecule has 0 atom stereocenters. The fraction of sp³-hybridized carbons (Fsp3) is 0.120. The summed E-state index contributed by atoms with van der Waals surface area (Å²) in [6.07, 6.45) is 5.16. The van der Waals surface area contributed by atoms with Gasteiger partial charge in [0.05, 0.1) is 16.8 Å². The first-order chi connectivity index (χ1) is 16.7. The first kappa shape index (κ1) is 20.9. The number of thiophene rings is 1. The lowest BCUT2D eigenvalue weighted by molar-refractivity contribution is 0.714. The van der Waals surface area contributed by atoms with Gasteiger partial charge in [0, 0.05) is 29.0 Å². The highest BCUT2D eigenvalue weighted by atomic mass is 32.2. The Bertz CT molecular complexity index is 1630. The van der Waals surface area contributed by atoms with E-state index in [4.69, 9.17) is 4.98 Å². The summed E-state index contributed by atoms with van der Waals surface area (Å²) in [6.45, 7) is 4.77. The summed E-state index contributed by atoms with van der Waals surface area (Å²) >= 11 is 3.14. The van der Waals surface area contributed by atoms with Crippen LogP contribution in [-0.2, 0) is 6.54 Å². The standard InChI is InChI=1S/C25H19N7S2/c1-15-12-16(2)29-23-19(15)20-21(33-23)24(28-14-27-20)34-25-31-30-22(18-8-10-26-11-9-18)32(25)13-17-6-4-3-5-7-17/h3-12,14H,13H2,1-2H3. The van der Waals surface area contributed by atoms with E-state index in [0.717, 1.165) is 47.7 Å². The van der Waals surface area contributed by atoms with Crippen molar-refractivity contribution >= 4 is 43.5 Å². The Morgan fingerprint density at radius 2 is 1.79 bits per heavy atom. The number of aryl methyl sites for hydroxylation is 2.